The van der Waals surface area contributed by atoms with Crippen LogP contribution in [-0.2, 0) is 6.54 Å². The van der Waals surface area contributed by atoms with Crippen molar-refractivity contribution in [3.63, 3.8) is 0 Å². The zero-order chi connectivity index (χ0) is 17.4. The van der Waals surface area contributed by atoms with Crippen LogP contribution < -0.4 is 5.56 Å². The molecule has 0 amide bonds. The minimum Gasteiger partial charge on any atom is -0.293 e. The first kappa shape index (κ1) is 16.0. The lowest BCUT2D eigenvalue weighted by atomic mass is 10.1. The summed E-state index contributed by atoms with van der Waals surface area (Å²) in [4.78, 5) is 17.2. The predicted octanol–water partition coefficient (Wildman–Crippen LogP) is 4.97. The number of benzene rings is 2. The first-order valence-electron chi connectivity index (χ1n) is 7.59. The van der Waals surface area contributed by atoms with Gasteiger partial charge in [0.2, 0.25) is 0 Å². The number of halogens is 2. The first-order valence-corrected chi connectivity index (χ1v) is 8.85. The van der Waals surface area contributed by atoms with E-state index in [4.69, 9.17) is 11.6 Å². The van der Waals surface area contributed by atoms with Gasteiger partial charge < -0.3 is 0 Å². The molecule has 0 aliphatic heterocycles. The average Bonchev–Trinajstić information content (AvgIpc) is 3.04. The van der Waals surface area contributed by atoms with E-state index in [1.807, 2.05) is 23.6 Å². The quantitative estimate of drug-likeness (QED) is 0.510. The van der Waals surface area contributed by atoms with E-state index in [-0.39, 0.29) is 17.9 Å². The minimum atomic E-state index is -0.333. The Morgan fingerprint density at radius 2 is 2.00 bits per heavy atom. The molecule has 4 rings (SSSR count). The fraction of sp³-hybridized carbons (Fsp3) is 0.0526. The summed E-state index contributed by atoms with van der Waals surface area (Å²) in [6, 6.07) is 13.9. The molecule has 3 nitrogen and oxygen atoms in total. The third kappa shape index (κ3) is 2.97. The van der Waals surface area contributed by atoms with E-state index < -0.39 is 0 Å². The zero-order valence-electron chi connectivity index (χ0n) is 12.9. The summed E-state index contributed by atoms with van der Waals surface area (Å²) in [5.41, 5.74) is 2.71. The van der Waals surface area contributed by atoms with Crippen LogP contribution in [0, 0.1) is 5.82 Å². The molecule has 0 aliphatic carbocycles. The average molecular weight is 371 g/mol. The van der Waals surface area contributed by atoms with E-state index in [0.717, 1.165) is 11.1 Å². The fourth-order valence-corrected chi connectivity index (χ4v) is 3.89. The molecule has 25 heavy (non-hydrogen) atoms. The number of fused-ring (bicyclic) bond motifs is 1. The largest absolute Gasteiger partial charge is 0.293 e. The van der Waals surface area contributed by atoms with Gasteiger partial charge in [0.05, 0.1) is 18.4 Å². The van der Waals surface area contributed by atoms with E-state index in [2.05, 4.69) is 4.98 Å². The molecule has 0 saturated carbocycles. The van der Waals surface area contributed by atoms with E-state index in [1.165, 1.54) is 28.3 Å². The van der Waals surface area contributed by atoms with Crippen molar-refractivity contribution in [2.45, 2.75) is 6.54 Å². The van der Waals surface area contributed by atoms with Crippen LogP contribution >= 0.6 is 22.9 Å². The molecule has 124 valence electrons. The summed E-state index contributed by atoms with van der Waals surface area (Å²) in [5, 5.41) is 2.53. The normalized spacial score (nSPS) is 11.1. The highest BCUT2D eigenvalue weighted by Crippen LogP contribution is 2.31. The van der Waals surface area contributed by atoms with Gasteiger partial charge in [-0.1, -0.05) is 41.9 Å². The Kier molecular flexibility index (Phi) is 4.11. The van der Waals surface area contributed by atoms with Crippen molar-refractivity contribution in [1.82, 2.24) is 9.55 Å². The van der Waals surface area contributed by atoms with Crippen molar-refractivity contribution in [1.29, 1.82) is 0 Å². The second kappa shape index (κ2) is 6.43. The van der Waals surface area contributed by atoms with Crippen LogP contribution in [0.2, 0.25) is 5.02 Å². The lowest BCUT2D eigenvalue weighted by Gasteiger charge is -2.07. The van der Waals surface area contributed by atoms with Crippen molar-refractivity contribution in [3.05, 3.63) is 87.0 Å². The van der Waals surface area contributed by atoms with E-state index in [0.29, 0.717) is 20.8 Å². The van der Waals surface area contributed by atoms with Gasteiger partial charge in [0, 0.05) is 21.5 Å². The first-order chi connectivity index (χ1) is 12.1. The molecule has 0 saturated heterocycles. The maximum absolute atomic E-state index is 13.8. The van der Waals surface area contributed by atoms with Crippen LogP contribution in [0.15, 0.2) is 65.0 Å². The molecule has 0 bridgehead atoms. The highest BCUT2D eigenvalue weighted by molar-refractivity contribution is 7.17. The third-order valence-corrected chi connectivity index (χ3v) is 5.17. The summed E-state index contributed by atoms with van der Waals surface area (Å²) in [6.45, 7) is 0.152. The number of nitrogens with zero attached hydrogens (tertiary/aromatic N) is 2. The minimum absolute atomic E-state index is 0.152. The van der Waals surface area contributed by atoms with E-state index >= 15 is 0 Å². The molecule has 0 radical (unpaired) electrons. The molecule has 0 aliphatic rings. The Hall–Kier alpha value is -2.50. The summed E-state index contributed by atoms with van der Waals surface area (Å²) in [7, 11) is 0. The van der Waals surface area contributed by atoms with Gasteiger partial charge in [0.1, 0.15) is 10.5 Å². The highest BCUT2D eigenvalue weighted by Gasteiger charge is 2.13. The fourth-order valence-electron chi connectivity index (χ4n) is 2.73. The lowest BCUT2D eigenvalue weighted by Crippen LogP contribution is -2.20. The van der Waals surface area contributed by atoms with E-state index in [1.54, 1.807) is 24.3 Å². The smallest absolute Gasteiger partial charge is 0.271 e. The summed E-state index contributed by atoms with van der Waals surface area (Å²) >= 11 is 7.39. The Morgan fingerprint density at radius 3 is 2.80 bits per heavy atom. The number of thiophene rings is 1. The van der Waals surface area contributed by atoms with Crippen LogP contribution in [0.25, 0.3) is 21.3 Å². The standard InChI is InChI=1S/C19H12ClFN2OS/c20-14-6-3-5-12(8-14)15-10-25-18-17(15)22-11-23(19(18)24)9-13-4-1-2-7-16(13)21/h1-8,10-11H,9H2. The van der Waals surface area contributed by atoms with Crippen molar-refractivity contribution < 1.29 is 4.39 Å². The molecule has 0 atom stereocenters. The Morgan fingerprint density at radius 1 is 1.16 bits per heavy atom. The van der Waals surface area contributed by atoms with Gasteiger partial charge in [-0.25, -0.2) is 9.37 Å². The molecule has 2 aromatic carbocycles. The number of hydrogen-bond donors (Lipinski definition) is 0. The lowest BCUT2D eigenvalue weighted by molar-refractivity contribution is 0.595. The Labute approximate surface area is 152 Å². The monoisotopic (exact) mass is 370 g/mol. The molecule has 0 unspecified atom stereocenters. The molecule has 6 heteroatoms. The molecular weight excluding hydrogens is 359 g/mol. The molecule has 2 aromatic heterocycles. The highest BCUT2D eigenvalue weighted by atomic mass is 35.5. The van der Waals surface area contributed by atoms with Crippen molar-refractivity contribution >= 4 is 33.2 Å². The topological polar surface area (TPSA) is 34.9 Å². The second-order valence-electron chi connectivity index (χ2n) is 5.61. The summed E-state index contributed by atoms with van der Waals surface area (Å²) in [6.07, 6.45) is 1.47. The Balaban J connectivity index is 1.80. The molecule has 2 heterocycles. The summed E-state index contributed by atoms with van der Waals surface area (Å²) in [5.74, 6) is -0.333. The molecule has 0 spiro atoms. The van der Waals surface area contributed by atoms with Gasteiger partial charge in [-0.2, -0.15) is 0 Å². The molecule has 0 fully saturated rings. The van der Waals surface area contributed by atoms with Crippen LogP contribution in [0.5, 0.6) is 0 Å². The van der Waals surface area contributed by atoms with Gasteiger partial charge in [0.15, 0.2) is 0 Å². The van der Waals surface area contributed by atoms with Crippen molar-refractivity contribution in [2.24, 2.45) is 0 Å². The summed E-state index contributed by atoms with van der Waals surface area (Å²) < 4.78 is 15.8. The molecular formula is C19H12ClFN2OS. The van der Waals surface area contributed by atoms with Gasteiger partial charge in [-0.05, 0) is 23.8 Å². The molecule has 4 aromatic rings. The van der Waals surface area contributed by atoms with Crippen LogP contribution in [0.1, 0.15) is 5.56 Å². The van der Waals surface area contributed by atoms with Gasteiger partial charge in [-0.3, -0.25) is 9.36 Å². The predicted molar refractivity (Wildman–Crippen MR) is 99.8 cm³/mol. The number of aromatic nitrogens is 2. The van der Waals surface area contributed by atoms with Gasteiger partial charge in [0.25, 0.3) is 5.56 Å². The number of hydrogen-bond acceptors (Lipinski definition) is 3. The zero-order valence-corrected chi connectivity index (χ0v) is 14.5. The third-order valence-electron chi connectivity index (χ3n) is 3.98. The maximum atomic E-state index is 13.8. The van der Waals surface area contributed by atoms with Crippen LogP contribution in [-0.4, -0.2) is 9.55 Å². The van der Waals surface area contributed by atoms with Gasteiger partial charge in [-0.15, -0.1) is 11.3 Å². The van der Waals surface area contributed by atoms with Crippen LogP contribution in [0.3, 0.4) is 0 Å². The number of rotatable bonds is 3. The maximum Gasteiger partial charge on any atom is 0.271 e. The van der Waals surface area contributed by atoms with Gasteiger partial charge >= 0.3 is 0 Å². The SMILES string of the molecule is O=c1c2scc(-c3cccc(Cl)c3)c2ncn1Cc1ccccc1F. The van der Waals surface area contributed by atoms with Crippen LogP contribution in [0.4, 0.5) is 4.39 Å². The van der Waals surface area contributed by atoms with Crippen molar-refractivity contribution in [3.8, 4) is 11.1 Å². The Bertz CT molecular complexity index is 1140. The van der Waals surface area contributed by atoms with E-state index in [9.17, 15) is 9.18 Å². The molecule has 0 N–H and O–H groups in total. The van der Waals surface area contributed by atoms with Crippen molar-refractivity contribution in [2.75, 3.05) is 0 Å². The second-order valence-corrected chi connectivity index (χ2v) is 6.92.